The van der Waals surface area contributed by atoms with Gasteiger partial charge < -0.3 is 9.47 Å². The van der Waals surface area contributed by atoms with Crippen molar-refractivity contribution in [2.24, 2.45) is 0 Å². The van der Waals surface area contributed by atoms with Crippen LogP contribution in [0.25, 0.3) is 0 Å². The van der Waals surface area contributed by atoms with Crippen LogP contribution in [-0.2, 0) is 22.4 Å². The second-order valence-corrected chi connectivity index (χ2v) is 6.83. The summed E-state index contributed by atoms with van der Waals surface area (Å²) < 4.78 is 11.5. The van der Waals surface area contributed by atoms with E-state index in [9.17, 15) is 9.59 Å². The smallest absolute Gasteiger partial charge is 0.276 e. The van der Waals surface area contributed by atoms with E-state index in [2.05, 4.69) is 10.9 Å². The first-order valence-corrected chi connectivity index (χ1v) is 8.48. The van der Waals surface area contributed by atoms with E-state index in [1.165, 1.54) is 0 Å². The zero-order valence-corrected chi connectivity index (χ0v) is 14.9. The maximum absolute atomic E-state index is 11.9. The number of hydrazine groups is 1. The SMILES string of the molecule is CC1(C)Cc2cccc(OCC(=O)NNC(=O)Cc3ccccc3)c2O1. The number of nitrogens with one attached hydrogen (secondary N) is 2. The molecule has 2 aromatic rings. The maximum atomic E-state index is 11.9. The van der Waals surface area contributed by atoms with Crippen LogP contribution in [0.5, 0.6) is 11.5 Å². The molecule has 1 heterocycles. The lowest BCUT2D eigenvalue weighted by molar-refractivity contribution is -0.129. The summed E-state index contributed by atoms with van der Waals surface area (Å²) in [4.78, 5) is 23.7. The topological polar surface area (TPSA) is 76.7 Å². The van der Waals surface area contributed by atoms with E-state index in [0.29, 0.717) is 11.5 Å². The summed E-state index contributed by atoms with van der Waals surface area (Å²) in [5.74, 6) is 0.466. The number of benzene rings is 2. The fourth-order valence-electron chi connectivity index (χ4n) is 2.85. The van der Waals surface area contributed by atoms with Crippen LogP contribution in [0.1, 0.15) is 25.0 Å². The standard InChI is InChI=1S/C20H22N2O4/c1-20(2)12-15-9-6-10-16(19(15)26-20)25-13-18(24)22-21-17(23)11-14-7-4-3-5-8-14/h3-10H,11-13H2,1-2H3,(H,21,23)(H,22,24). The minimum atomic E-state index is -0.443. The van der Waals surface area contributed by atoms with Crippen LogP contribution in [0, 0.1) is 0 Å². The lowest BCUT2D eigenvalue weighted by Gasteiger charge is -2.18. The van der Waals surface area contributed by atoms with Crippen LogP contribution >= 0.6 is 0 Å². The van der Waals surface area contributed by atoms with Crippen molar-refractivity contribution >= 4 is 11.8 Å². The molecule has 6 heteroatoms. The van der Waals surface area contributed by atoms with Crippen molar-refractivity contribution in [2.45, 2.75) is 32.3 Å². The average molecular weight is 354 g/mol. The molecule has 0 bridgehead atoms. The highest BCUT2D eigenvalue weighted by Crippen LogP contribution is 2.41. The van der Waals surface area contributed by atoms with Crippen molar-refractivity contribution < 1.29 is 19.1 Å². The molecule has 0 aromatic heterocycles. The van der Waals surface area contributed by atoms with Gasteiger partial charge in [0.1, 0.15) is 5.60 Å². The van der Waals surface area contributed by atoms with Gasteiger partial charge in [-0.1, -0.05) is 42.5 Å². The Bertz CT molecular complexity index is 803. The number of hydrogen-bond donors (Lipinski definition) is 2. The van der Waals surface area contributed by atoms with E-state index in [-0.39, 0.29) is 24.5 Å². The number of carbonyl (C=O) groups excluding carboxylic acids is 2. The van der Waals surface area contributed by atoms with Gasteiger partial charge in [0.15, 0.2) is 18.1 Å². The van der Waals surface area contributed by atoms with E-state index in [1.54, 1.807) is 6.07 Å². The largest absolute Gasteiger partial charge is 0.483 e. The minimum absolute atomic E-state index is 0.192. The van der Waals surface area contributed by atoms with E-state index in [1.807, 2.05) is 56.3 Å². The van der Waals surface area contributed by atoms with E-state index in [4.69, 9.17) is 9.47 Å². The highest BCUT2D eigenvalue weighted by atomic mass is 16.5. The van der Waals surface area contributed by atoms with Gasteiger partial charge in [-0.25, -0.2) is 0 Å². The Morgan fingerprint density at radius 3 is 2.54 bits per heavy atom. The summed E-state index contributed by atoms with van der Waals surface area (Å²) in [5, 5.41) is 0. The molecule has 0 fully saturated rings. The Morgan fingerprint density at radius 1 is 1.04 bits per heavy atom. The first-order chi connectivity index (χ1) is 12.4. The van der Waals surface area contributed by atoms with Crippen LogP contribution in [0.3, 0.4) is 0 Å². The number of amides is 2. The van der Waals surface area contributed by atoms with Crippen molar-refractivity contribution in [3.05, 3.63) is 59.7 Å². The first-order valence-electron chi connectivity index (χ1n) is 8.48. The van der Waals surface area contributed by atoms with Gasteiger partial charge in [0.25, 0.3) is 5.91 Å². The molecule has 2 aromatic carbocycles. The molecular formula is C20H22N2O4. The molecule has 0 atom stereocenters. The van der Waals surface area contributed by atoms with Gasteiger partial charge in [-0.05, 0) is 25.5 Å². The van der Waals surface area contributed by atoms with Gasteiger partial charge in [0, 0.05) is 12.0 Å². The van der Waals surface area contributed by atoms with Gasteiger partial charge in [-0.3, -0.25) is 20.4 Å². The zero-order chi connectivity index (χ0) is 18.6. The van der Waals surface area contributed by atoms with Crippen LogP contribution in [0.15, 0.2) is 48.5 Å². The molecule has 0 saturated heterocycles. The Labute approximate surface area is 152 Å². The Kier molecular flexibility index (Phi) is 5.11. The fraction of sp³-hybridized carbons (Fsp3) is 0.300. The molecule has 3 rings (SSSR count). The second-order valence-electron chi connectivity index (χ2n) is 6.83. The normalized spacial score (nSPS) is 14.1. The van der Waals surface area contributed by atoms with Gasteiger partial charge in [0.05, 0.1) is 6.42 Å². The molecule has 6 nitrogen and oxygen atoms in total. The van der Waals surface area contributed by atoms with Crippen molar-refractivity contribution in [1.82, 2.24) is 10.9 Å². The Morgan fingerprint density at radius 2 is 1.77 bits per heavy atom. The molecule has 1 aliphatic rings. The molecule has 0 spiro atoms. The van der Waals surface area contributed by atoms with Crippen LogP contribution in [0.4, 0.5) is 0 Å². The number of carbonyl (C=O) groups is 2. The molecule has 1 aliphatic heterocycles. The molecule has 0 unspecified atom stereocenters. The number of hydrogen-bond acceptors (Lipinski definition) is 4. The van der Waals surface area contributed by atoms with Crippen molar-refractivity contribution in [1.29, 1.82) is 0 Å². The monoisotopic (exact) mass is 354 g/mol. The average Bonchev–Trinajstić information content (AvgIpc) is 2.93. The van der Waals surface area contributed by atoms with Crippen molar-refractivity contribution in [3.63, 3.8) is 0 Å². The van der Waals surface area contributed by atoms with Crippen LogP contribution in [0.2, 0.25) is 0 Å². The van der Waals surface area contributed by atoms with Crippen molar-refractivity contribution in [3.8, 4) is 11.5 Å². The third-order valence-electron chi connectivity index (χ3n) is 3.96. The number of rotatable bonds is 5. The first kappa shape index (κ1) is 17.8. The van der Waals surface area contributed by atoms with Gasteiger partial charge >= 0.3 is 0 Å². The molecule has 0 aliphatic carbocycles. The predicted octanol–water partition coefficient (Wildman–Crippen LogP) is 2.17. The lowest BCUT2D eigenvalue weighted by Crippen LogP contribution is -2.44. The third-order valence-corrected chi connectivity index (χ3v) is 3.96. The van der Waals surface area contributed by atoms with E-state index >= 15 is 0 Å². The van der Waals surface area contributed by atoms with E-state index < -0.39 is 5.91 Å². The summed E-state index contributed by atoms with van der Waals surface area (Å²) in [5.41, 5.74) is 6.38. The maximum Gasteiger partial charge on any atom is 0.276 e. The summed E-state index contributed by atoms with van der Waals surface area (Å²) in [7, 11) is 0. The molecule has 2 N–H and O–H groups in total. The van der Waals surface area contributed by atoms with Crippen molar-refractivity contribution in [2.75, 3.05) is 6.61 Å². The van der Waals surface area contributed by atoms with Gasteiger partial charge in [0.2, 0.25) is 5.91 Å². The minimum Gasteiger partial charge on any atom is -0.483 e. The Hall–Kier alpha value is -3.02. The molecular weight excluding hydrogens is 332 g/mol. The lowest BCUT2D eigenvalue weighted by atomic mass is 10.0. The molecule has 2 amide bonds. The molecule has 26 heavy (non-hydrogen) atoms. The summed E-state index contributed by atoms with van der Waals surface area (Å²) in [6.45, 7) is 3.80. The zero-order valence-electron chi connectivity index (χ0n) is 14.9. The van der Waals surface area contributed by atoms with Crippen LogP contribution < -0.4 is 20.3 Å². The van der Waals surface area contributed by atoms with Crippen LogP contribution in [-0.4, -0.2) is 24.0 Å². The van der Waals surface area contributed by atoms with Gasteiger partial charge in [-0.15, -0.1) is 0 Å². The summed E-state index contributed by atoms with van der Waals surface area (Å²) >= 11 is 0. The highest BCUT2D eigenvalue weighted by Gasteiger charge is 2.32. The quantitative estimate of drug-likeness (QED) is 0.807. The highest BCUT2D eigenvalue weighted by molar-refractivity contribution is 5.83. The van der Waals surface area contributed by atoms with E-state index in [0.717, 1.165) is 17.5 Å². The Balaban J connectivity index is 1.47. The summed E-state index contributed by atoms with van der Waals surface area (Å²) in [6.07, 6.45) is 0.984. The third kappa shape index (κ3) is 4.53. The van der Waals surface area contributed by atoms with Gasteiger partial charge in [-0.2, -0.15) is 0 Å². The number of para-hydroxylation sites is 1. The fourth-order valence-corrected chi connectivity index (χ4v) is 2.85. The molecule has 0 saturated carbocycles. The number of fused-ring (bicyclic) bond motifs is 1. The molecule has 136 valence electrons. The molecule has 0 radical (unpaired) electrons. The summed E-state index contributed by atoms with van der Waals surface area (Å²) in [6, 6.07) is 14.9. The second kappa shape index (κ2) is 7.47. The predicted molar refractivity (Wildman–Crippen MR) is 96.8 cm³/mol. The number of ether oxygens (including phenoxy) is 2.